The predicted molar refractivity (Wildman–Crippen MR) is 76.8 cm³/mol. The van der Waals surface area contributed by atoms with Crippen molar-refractivity contribution in [2.45, 2.75) is 70.1 Å². The molecule has 3 aliphatic heterocycles. The molecule has 120 valence electrons. The highest BCUT2D eigenvalue weighted by Crippen LogP contribution is 2.33. The van der Waals surface area contributed by atoms with E-state index in [0.717, 1.165) is 0 Å². The summed E-state index contributed by atoms with van der Waals surface area (Å²) in [6.45, 7) is 8.52. The molecule has 3 aliphatic rings. The van der Waals surface area contributed by atoms with Gasteiger partial charge in [-0.3, -0.25) is 0 Å². The fraction of sp³-hybridized carbons (Fsp3) is 0.929. The Kier molecular flexibility index (Phi) is 3.90. The Labute approximate surface area is 130 Å². The number of rotatable bonds is 2. The molecule has 6 nitrogen and oxygen atoms in total. The largest absolute Gasteiger partial charge is 0.451 e. The highest BCUT2D eigenvalue weighted by atomic mass is 32.1. The lowest BCUT2D eigenvalue weighted by atomic mass is 10.0. The lowest BCUT2D eigenvalue weighted by molar-refractivity contribution is -0.173. The summed E-state index contributed by atoms with van der Waals surface area (Å²) in [6.07, 6.45) is -0.0519. The molecule has 0 aliphatic carbocycles. The normalized spacial score (nSPS) is 41.6. The van der Waals surface area contributed by atoms with Crippen LogP contribution < -0.4 is 0 Å². The van der Waals surface area contributed by atoms with Crippen molar-refractivity contribution in [3.05, 3.63) is 0 Å². The molecule has 0 saturated carbocycles. The van der Waals surface area contributed by atoms with Crippen LogP contribution in [0.4, 0.5) is 0 Å². The summed E-state index contributed by atoms with van der Waals surface area (Å²) in [4.78, 5) is 0. The van der Waals surface area contributed by atoms with Gasteiger partial charge in [-0.15, -0.1) is 0 Å². The Balaban J connectivity index is 1.64. The SMILES string of the molecule is CC1(C)OCC(C2CC(C3COC(C)(C)O3)OC(=S)O2)O1. The Morgan fingerprint density at radius 2 is 1.24 bits per heavy atom. The van der Waals surface area contributed by atoms with E-state index in [1.54, 1.807) is 0 Å². The molecule has 0 aromatic rings. The monoisotopic (exact) mass is 318 g/mol. The Bertz CT molecular complexity index is 388. The molecule has 3 saturated heterocycles. The third kappa shape index (κ3) is 3.48. The van der Waals surface area contributed by atoms with Gasteiger partial charge in [-0.2, -0.15) is 0 Å². The molecule has 0 aromatic carbocycles. The summed E-state index contributed by atoms with van der Waals surface area (Å²) in [6, 6.07) is 0. The van der Waals surface area contributed by atoms with E-state index in [9.17, 15) is 0 Å². The molecule has 3 rings (SSSR count). The first kappa shape index (κ1) is 15.4. The van der Waals surface area contributed by atoms with Crippen molar-refractivity contribution >= 4 is 17.5 Å². The highest BCUT2D eigenvalue weighted by molar-refractivity contribution is 7.79. The van der Waals surface area contributed by atoms with Crippen molar-refractivity contribution < 1.29 is 28.4 Å². The third-order valence-corrected chi connectivity index (χ3v) is 4.04. The molecule has 0 N–H and O–H groups in total. The van der Waals surface area contributed by atoms with Gasteiger partial charge in [0.05, 0.1) is 13.2 Å². The standard InChI is InChI=1S/C14H22O6S/c1-13(2)15-6-10(19-13)8-5-9(18-12(21)17-8)11-7-16-14(3,4)20-11/h8-11H,5-7H2,1-4H3. The second-order valence-corrected chi connectivity index (χ2v) is 6.87. The van der Waals surface area contributed by atoms with Gasteiger partial charge in [0, 0.05) is 18.6 Å². The first-order valence-electron chi connectivity index (χ1n) is 7.25. The number of hydrogen-bond donors (Lipinski definition) is 0. The van der Waals surface area contributed by atoms with Crippen LogP contribution in [0.5, 0.6) is 0 Å². The van der Waals surface area contributed by atoms with Crippen LogP contribution in [0.2, 0.25) is 0 Å². The summed E-state index contributed by atoms with van der Waals surface area (Å²) in [7, 11) is 0. The van der Waals surface area contributed by atoms with E-state index in [0.29, 0.717) is 19.6 Å². The maximum atomic E-state index is 5.85. The van der Waals surface area contributed by atoms with E-state index in [1.165, 1.54) is 0 Å². The average molecular weight is 318 g/mol. The minimum Gasteiger partial charge on any atom is -0.451 e. The zero-order valence-corrected chi connectivity index (χ0v) is 13.6. The predicted octanol–water partition coefficient (Wildman–Crippen LogP) is 1.75. The molecule has 4 unspecified atom stereocenters. The average Bonchev–Trinajstić information content (AvgIpc) is 2.91. The molecule has 3 fully saturated rings. The van der Waals surface area contributed by atoms with Crippen LogP contribution >= 0.6 is 12.2 Å². The Hall–Kier alpha value is -0.470. The summed E-state index contributed by atoms with van der Waals surface area (Å²) < 4.78 is 34.1. The van der Waals surface area contributed by atoms with Crippen LogP contribution in [0, 0.1) is 0 Å². The number of hydrogen-bond acceptors (Lipinski definition) is 7. The highest BCUT2D eigenvalue weighted by Gasteiger charge is 2.46. The van der Waals surface area contributed by atoms with E-state index in [1.807, 2.05) is 27.7 Å². The molecular weight excluding hydrogens is 296 g/mol. The quantitative estimate of drug-likeness (QED) is 0.719. The molecule has 21 heavy (non-hydrogen) atoms. The van der Waals surface area contributed by atoms with Gasteiger partial charge in [-0.05, 0) is 27.7 Å². The van der Waals surface area contributed by atoms with Crippen LogP contribution in [0.3, 0.4) is 0 Å². The van der Waals surface area contributed by atoms with Crippen LogP contribution in [-0.4, -0.2) is 54.4 Å². The van der Waals surface area contributed by atoms with Crippen molar-refractivity contribution in [3.63, 3.8) is 0 Å². The summed E-state index contributed by atoms with van der Waals surface area (Å²) >= 11 is 5.11. The van der Waals surface area contributed by atoms with Gasteiger partial charge >= 0.3 is 5.24 Å². The molecular formula is C14H22O6S. The molecule has 0 amide bonds. The maximum absolute atomic E-state index is 5.85. The summed E-state index contributed by atoms with van der Waals surface area (Å²) in [5.41, 5.74) is 0. The van der Waals surface area contributed by atoms with Gasteiger partial charge < -0.3 is 28.4 Å². The number of ether oxygens (including phenoxy) is 6. The van der Waals surface area contributed by atoms with Gasteiger partial charge in [0.25, 0.3) is 0 Å². The molecule has 0 radical (unpaired) electrons. The minimum absolute atomic E-state index is 0.137. The molecule has 7 heteroatoms. The molecule has 4 atom stereocenters. The van der Waals surface area contributed by atoms with E-state index >= 15 is 0 Å². The van der Waals surface area contributed by atoms with Crippen molar-refractivity contribution in [1.82, 2.24) is 0 Å². The fourth-order valence-corrected chi connectivity index (χ4v) is 3.10. The van der Waals surface area contributed by atoms with E-state index in [-0.39, 0.29) is 29.7 Å². The molecule has 0 aromatic heterocycles. The van der Waals surface area contributed by atoms with Crippen LogP contribution in [0.1, 0.15) is 34.1 Å². The van der Waals surface area contributed by atoms with Gasteiger partial charge in [0.15, 0.2) is 11.6 Å². The van der Waals surface area contributed by atoms with E-state index < -0.39 is 11.6 Å². The lowest BCUT2D eigenvalue weighted by Gasteiger charge is -2.35. The first-order chi connectivity index (χ1) is 9.74. The first-order valence-corrected chi connectivity index (χ1v) is 7.66. The van der Waals surface area contributed by atoms with Gasteiger partial charge in [0.2, 0.25) is 0 Å². The van der Waals surface area contributed by atoms with Crippen molar-refractivity contribution in [2.75, 3.05) is 13.2 Å². The topological polar surface area (TPSA) is 55.4 Å². The Morgan fingerprint density at radius 1 is 0.810 bits per heavy atom. The maximum Gasteiger partial charge on any atom is 0.353 e. The van der Waals surface area contributed by atoms with Gasteiger partial charge in [-0.25, -0.2) is 0 Å². The Morgan fingerprint density at radius 3 is 1.57 bits per heavy atom. The minimum atomic E-state index is -0.585. The summed E-state index contributed by atoms with van der Waals surface area (Å²) in [5.74, 6) is -1.17. The smallest absolute Gasteiger partial charge is 0.353 e. The summed E-state index contributed by atoms with van der Waals surface area (Å²) in [5, 5.41) is 0.137. The van der Waals surface area contributed by atoms with Crippen LogP contribution in [0.15, 0.2) is 0 Å². The van der Waals surface area contributed by atoms with Crippen molar-refractivity contribution in [1.29, 1.82) is 0 Å². The van der Waals surface area contributed by atoms with Crippen molar-refractivity contribution in [2.24, 2.45) is 0 Å². The van der Waals surface area contributed by atoms with E-state index in [2.05, 4.69) is 0 Å². The van der Waals surface area contributed by atoms with Crippen LogP contribution in [-0.2, 0) is 28.4 Å². The van der Waals surface area contributed by atoms with Gasteiger partial charge in [-0.1, -0.05) is 0 Å². The molecule has 0 bridgehead atoms. The van der Waals surface area contributed by atoms with E-state index in [4.69, 9.17) is 40.6 Å². The molecule has 3 heterocycles. The fourth-order valence-electron chi connectivity index (χ4n) is 2.85. The molecule has 0 spiro atoms. The zero-order chi connectivity index (χ0) is 15.3. The number of thiocarbonyl (C=S) groups is 1. The third-order valence-electron chi connectivity index (χ3n) is 3.85. The van der Waals surface area contributed by atoms with Crippen molar-refractivity contribution in [3.8, 4) is 0 Å². The second-order valence-electron chi connectivity index (χ2n) is 6.53. The lowest BCUT2D eigenvalue weighted by Crippen LogP contribution is -2.47. The zero-order valence-electron chi connectivity index (χ0n) is 12.8. The van der Waals surface area contributed by atoms with Gasteiger partial charge in [0.1, 0.15) is 24.4 Å². The van der Waals surface area contributed by atoms with Crippen LogP contribution in [0.25, 0.3) is 0 Å². The second kappa shape index (κ2) is 5.31.